The van der Waals surface area contributed by atoms with Crippen LogP contribution in [0.4, 0.5) is 0 Å². The van der Waals surface area contributed by atoms with E-state index in [1.165, 1.54) is 22.0 Å². The van der Waals surface area contributed by atoms with Gasteiger partial charge < -0.3 is 10.2 Å². The van der Waals surface area contributed by atoms with Gasteiger partial charge in [-0.3, -0.25) is 4.57 Å². The molecular formula is C22H23N4O3P. The van der Waals surface area contributed by atoms with Crippen molar-refractivity contribution in [2.45, 2.75) is 0 Å². The highest BCUT2D eigenvalue weighted by molar-refractivity contribution is 7.66. The molecule has 0 aliphatic heterocycles. The molecule has 3 aromatic carbocycles. The van der Waals surface area contributed by atoms with Crippen molar-refractivity contribution in [2.75, 3.05) is 14.1 Å². The van der Waals surface area contributed by atoms with Crippen molar-refractivity contribution in [1.29, 1.82) is 0 Å². The standard InChI is InChI=1S/C22H23N4O3P/c1-25(23-16-18-10-6-8-14-21(18)27)30(29,20-12-4-3-5-13-20)26(2)24-17-19-11-7-9-15-22(19)28/h3-17,27-28H,1-2H3/b23-16+,24-17+. The van der Waals surface area contributed by atoms with Crippen molar-refractivity contribution in [3.8, 4) is 11.5 Å². The van der Waals surface area contributed by atoms with Crippen molar-refractivity contribution < 1.29 is 14.8 Å². The normalized spacial score (nSPS) is 11.8. The number of phenolic OH excluding ortho intramolecular Hbond substituents is 2. The first-order valence-electron chi connectivity index (χ1n) is 9.21. The summed E-state index contributed by atoms with van der Waals surface area (Å²) in [6.07, 6.45) is 2.90. The van der Waals surface area contributed by atoms with Gasteiger partial charge in [0.2, 0.25) is 0 Å². The molecule has 0 saturated carbocycles. The van der Waals surface area contributed by atoms with Crippen molar-refractivity contribution in [3.05, 3.63) is 90.0 Å². The maximum atomic E-state index is 14.1. The summed E-state index contributed by atoms with van der Waals surface area (Å²) in [6, 6.07) is 22.4. The van der Waals surface area contributed by atoms with Crippen LogP contribution in [0.5, 0.6) is 11.5 Å². The van der Waals surface area contributed by atoms with E-state index in [9.17, 15) is 14.8 Å². The van der Waals surface area contributed by atoms with E-state index in [-0.39, 0.29) is 11.5 Å². The van der Waals surface area contributed by atoms with Crippen molar-refractivity contribution in [1.82, 2.24) is 9.56 Å². The van der Waals surface area contributed by atoms with Gasteiger partial charge >= 0.3 is 7.44 Å². The summed E-state index contributed by atoms with van der Waals surface area (Å²) in [5.41, 5.74) is 1.01. The van der Waals surface area contributed by atoms with Crippen LogP contribution in [-0.4, -0.2) is 46.3 Å². The first-order valence-corrected chi connectivity index (χ1v) is 10.8. The zero-order valence-corrected chi connectivity index (χ0v) is 17.6. The Labute approximate surface area is 175 Å². The van der Waals surface area contributed by atoms with Gasteiger partial charge in [0.25, 0.3) is 0 Å². The number of hydrogen-bond acceptors (Lipinski definition) is 5. The maximum absolute atomic E-state index is 14.1. The Morgan fingerprint density at radius 3 is 1.53 bits per heavy atom. The Morgan fingerprint density at radius 1 is 0.700 bits per heavy atom. The predicted octanol–water partition coefficient (Wildman–Crippen LogP) is 3.85. The van der Waals surface area contributed by atoms with Crippen LogP contribution in [0.15, 0.2) is 89.1 Å². The fourth-order valence-corrected chi connectivity index (χ4v) is 4.76. The molecule has 0 aromatic heterocycles. The van der Waals surface area contributed by atoms with Gasteiger partial charge in [0.05, 0.1) is 17.7 Å². The Kier molecular flexibility index (Phi) is 6.54. The number of phenols is 2. The minimum atomic E-state index is -3.45. The third-order valence-electron chi connectivity index (χ3n) is 4.48. The fourth-order valence-electron chi connectivity index (χ4n) is 2.77. The Hall–Kier alpha value is -3.57. The zero-order chi connectivity index (χ0) is 21.6. The third-order valence-corrected chi connectivity index (χ3v) is 7.23. The van der Waals surface area contributed by atoms with Crippen molar-refractivity contribution in [2.24, 2.45) is 10.2 Å². The van der Waals surface area contributed by atoms with Gasteiger partial charge in [0.15, 0.2) is 0 Å². The average molecular weight is 422 g/mol. The highest BCUT2D eigenvalue weighted by Crippen LogP contribution is 2.50. The molecule has 0 aliphatic carbocycles. The van der Waals surface area contributed by atoms with Gasteiger partial charge in [-0.2, -0.15) is 10.2 Å². The predicted molar refractivity (Wildman–Crippen MR) is 121 cm³/mol. The molecule has 30 heavy (non-hydrogen) atoms. The van der Waals surface area contributed by atoms with Gasteiger partial charge in [-0.1, -0.05) is 42.5 Å². The molecule has 0 spiro atoms. The van der Waals surface area contributed by atoms with Gasteiger partial charge in [0.1, 0.15) is 11.5 Å². The summed E-state index contributed by atoms with van der Waals surface area (Å²) >= 11 is 0. The second-order valence-corrected chi connectivity index (χ2v) is 9.23. The summed E-state index contributed by atoms with van der Waals surface area (Å²) in [5.74, 6) is 0.158. The SMILES string of the molecule is CN(/N=C/c1ccccc1O)P(=O)(c1ccccc1)N(C)/N=C/c1ccccc1O. The number of benzene rings is 3. The molecule has 154 valence electrons. The summed E-state index contributed by atoms with van der Waals surface area (Å²) in [5, 5.41) is 29.1. The van der Waals surface area contributed by atoms with Crippen molar-refractivity contribution in [3.63, 3.8) is 0 Å². The van der Waals surface area contributed by atoms with Crippen molar-refractivity contribution >= 4 is 25.2 Å². The molecule has 3 rings (SSSR count). The molecule has 0 radical (unpaired) electrons. The quantitative estimate of drug-likeness (QED) is 0.343. The molecule has 8 heteroatoms. The summed E-state index contributed by atoms with van der Waals surface area (Å²) in [7, 11) is -0.263. The van der Waals surface area contributed by atoms with Gasteiger partial charge in [-0.05, 0) is 36.4 Å². The molecule has 0 unspecified atom stereocenters. The zero-order valence-electron chi connectivity index (χ0n) is 16.7. The number of rotatable bonds is 7. The van der Waals surface area contributed by atoms with Crippen LogP contribution in [0.3, 0.4) is 0 Å². The second-order valence-electron chi connectivity index (χ2n) is 6.47. The first-order chi connectivity index (χ1) is 14.4. The van der Waals surface area contributed by atoms with E-state index in [0.29, 0.717) is 16.4 Å². The van der Waals surface area contributed by atoms with Gasteiger partial charge in [0, 0.05) is 25.2 Å². The average Bonchev–Trinajstić information content (AvgIpc) is 2.77. The highest BCUT2D eigenvalue weighted by atomic mass is 31.2. The molecular weight excluding hydrogens is 399 g/mol. The summed E-state index contributed by atoms with van der Waals surface area (Å²) < 4.78 is 16.8. The molecule has 0 fully saturated rings. The van der Waals surface area contributed by atoms with Crippen LogP contribution in [0.1, 0.15) is 11.1 Å². The van der Waals surface area contributed by atoms with Gasteiger partial charge in [-0.25, -0.2) is 9.56 Å². The highest BCUT2D eigenvalue weighted by Gasteiger charge is 2.34. The monoisotopic (exact) mass is 422 g/mol. The molecule has 0 aliphatic rings. The summed E-state index contributed by atoms with van der Waals surface area (Å²) in [4.78, 5) is 0. The van der Waals surface area contributed by atoms with Crippen LogP contribution >= 0.6 is 7.44 Å². The van der Waals surface area contributed by atoms with E-state index in [1.54, 1.807) is 86.9 Å². The number of aromatic hydroxyl groups is 2. The van der Waals surface area contributed by atoms with E-state index in [0.717, 1.165) is 0 Å². The van der Waals surface area contributed by atoms with Crippen LogP contribution in [0, 0.1) is 0 Å². The number of para-hydroxylation sites is 2. The Bertz CT molecular complexity index is 1040. The van der Waals surface area contributed by atoms with Crippen LogP contribution in [0.2, 0.25) is 0 Å². The molecule has 0 saturated heterocycles. The lowest BCUT2D eigenvalue weighted by molar-refractivity contribution is 0.419. The maximum Gasteiger partial charge on any atom is 0.322 e. The largest absolute Gasteiger partial charge is 0.507 e. The molecule has 0 heterocycles. The van der Waals surface area contributed by atoms with Gasteiger partial charge in [-0.15, -0.1) is 0 Å². The molecule has 3 aromatic rings. The van der Waals surface area contributed by atoms with Crippen LogP contribution in [-0.2, 0) is 4.57 Å². The van der Waals surface area contributed by atoms with E-state index < -0.39 is 7.44 Å². The molecule has 0 amide bonds. The van der Waals surface area contributed by atoms with E-state index in [1.807, 2.05) is 6.07 Å². The lowest BCUT2D eigenvalue weighted by Crippen LogP contribution is -2.28. The molecule has 0 atom stereocenters. The lowest BCUT2D eigenvalue weighted by Gasteiger charge is -2.31. The van der Waals surface area contributed by atoms with E-state index >= 15 is 0 Å². The fraction of sp³-hybridized carbons (Fsp3) is 0.0909. The minimum absolute atomic E-state index is 0.0788. The summed E-state index contributed by atoms with van der Waals surface area (Å²) in [6.45, 7) is 0. The minimum Gasteiger partial charge on any atom is -0.507 e. The van der Waals surface area contributed by atoms with E-state index in [4.69, 9.17) is 0 Å². The molecule has 2 N–H and O–H groups in total. The number of hydrogen-bond donors (Lipinski definition) is 2. The van der Waals surface area contributed by atoms with E-state index in [2.05, 4.69) is 10.2 Å². The topological polar surface area (TPSA) is 88.7 Å². The van der Waals surface area contributed by atoms with Crippen LogP contribution in [0.25, 0.3) is 0 Å². The molecule has 7 nitrogen and oxygen atoms in total. The Balaban J connectivity index is 1.96. The number of hydrazone groups is 2. The lowest BCUT2D eigenvalue weighted by atomic mass is 10.2. The first kappa shape index (κ1) is 21.1. The second kappa shape index (κ2) is 9.29. The molecule has 0 bridgehead atoms. The van der Waals surface area contributed by atoms with Crippen LogP contribution < -0.4 is 5.30 Å². The Morgan fingerprint density at radius 2 is 1.10 bits per heavy atom. The number of nitrogens with zero attached hydrogens (tertiary/aromatic N) is 4. The third kappa shape index (κ3) is 4.53. The smallest absolute Gasteiger partial charge is 0.322 e.